The highest BCUT2D eigenvalue weighted by atomic mass is 32.1. The zero-order valence-corrected chi connectivity index (χ0v) is 18.5. The molecule has 2 aromatic rings. The van der Waals surface area contributed by atoms with Crippen molar-refractivity contribution in [3.8, 4) is 0 Å². The molecule has 9 heteroatoms. The lowest BCUT2D eigenvalue weighted by molar-refractivity contribution is -0.148. The predicted molar refractivity (Wildman–Crippen MR) is 113 cm³/mol. The molecule has 164 valence electrons. The molecule has 0 amide bonds. The van der Waals surface area contributed by atoms with Crippen molar-refractivity contribution in [2.45, 2.75) is 65.0 Å². The third kappa shape index (κ3) is 4.89. The molecule has 2 aromatic heterocycles. The molecule has 0 aromatic carbocycles. The summed E-state index contributed by atoms with van der Waals surface area (Å²) in [5.74, 6) is -0.945. The summed E-state index contributed by atoms with van der Waals surface area (Å²) >= 11 is 1.15. The summed E-state index contributed by atoms with van der Waals surface area (Å²) in [4.78, 5) is 43.2. The molecule has 8 nitrogen and oxygen atoms in total. The van der Waals surface area contributed by atoms with Crippen molar-refractivity contribution in [2.24, 2.45) is 0 Å². The first kappa shape index (κ1) is 22.4. The molecule has 30 heavy (non-hydrogen) atoms. The average molecular weight is 437 g/mol. The highest BCUT2D eigenvalue weighted by Gasteiger charge is 2.26. The Kier molecular flexibility index (Phi) is 7.60. The van der Waals surface area contributed by atoms with Crippen molar-refractivity contribution in [1.82, 2.24) is 9.55 Å². The second kappa shape index (κ2) is 10.2. The quantitative estimate of drug-likeness (QED) is 0.462. The Hall–Kier alpha value is -2.26. The maximum absolute atomic E-state index is 13.0. The zero-order chi connectivity index (χ0) is 21.7. The monoisotopic (exact) mass is 436 g/mol. The van der Waals surface area contributed by atoms with Gasteiger partial charge in [0.25, 0.3) is 5.56 Å². The van der Waals surface area contributed by atoms with Gasteiger partial charge in [0.1, 0.15) is 28.5 Å². The van der Waals surface area contributed by atoms with Gasteiger partial charge in [0.05, 0.1) is 18.3 Å². The largest absolute Gasteiger partial charge is 0.462 e. The molecule has 0 radical (unpaired) electrons. The molecule has 1 unspecified atom stereocenters. The fourth-order valence-electron chi connectivity index (χ4n) is 3.58. The van der Waals surface area contributed by atoms with Gasteiger partial charge in [-0.05, 0) is 52.0 Å². The van der Waals surface area contributed by atoms with Gasteiger partial charge >= 0.3 is 11.9 Å². The minimum absolute atomic E-state index is 0.0630. The van der Waals surface area contributed by atoms with Crippen molar-refractivity contribution >= 4 is 33.5 Å². The van der Waals surface area contributed by atoms with Crippen LogP contribution in [0.2, 0.25) is 0 Å². The number of hydrogen-bond donors (Lipinski definition) is 0. The van der Waals surface area contributed by atoms with E-state index in [9.17, 15) is 14.4 Å². The van der Waals surface area contributed by atoms with E-state index in [1.165, 1.54) is 17.3 Å². The average Bonchev–Trinajstić information content (AvgIpc) is 3.09. The fraction of sp³-hybridized carbons (Fsp3) is 0.619. The molecule has 1 fully saturated rings. The van der Waals surface area contributed by atoms with Crippen molar-refractivity contribution in [2.75, 3.05) is 19.8 Å². The molecule has 1 aliphatic carbocycles. The molecule has 0 bridgehead atoms. The number of thiophene rings is 1. The number of nitrogens with zero attached hydrogens (tertiary/aromatic N) is 2. The fourth-order valence-corrected chi connectivity index (χ4v) is 4.60. The van der Waals surface area contributed by atoms with Crippen LogP contribution < -0.4 is 5.56 Å². The minimum atomic E-state index is -0.840. The topological polar surface area (TPSA) is 96.7 Å². The van der Waals surface area contributed by atoms with Gasteiger partial charge in [0, 0.05) is 6.61 Å². The first-order valence-electron chi connectivity index (χ1n) is 10.4. The molecule has 0 spiro atoms. The van der Waals surface area contributed by atoms with Crippen LogP contribution in [0.4, 0.5) is 0 Å². The molecule has 3 rings (SSSR count). The van der Waals surface area contributed by atoms with Gasteiger partial charge in [0.15, 0.2) is 0 Å². The van der Waals surface area contributed by atoms with E-state index in [1.54, 1.807) is 13.8 Å². The van der Waals surface area contributed by atoms with E-state index in [2.05, 4.69) is 4.98 Å². The minimum Gasteiger partial charge on any atom is -0.462 e. The maximum Gasteiger partial charge on any atom is 0.348 e. The van der Waals surface area contributed by atoms with Crippen LogP contribution in [0.1, 0.15) is 67.2 Å². The summed E-state index contributed by atoms with van der Waals surface area (Å²) in [7, 11) is 0. The van der Waals surface area contributed by atoms with E-state index in [0.29, 0.717) is 33.9 Å². The van der Waals surface area contributed by atoms with Gasteiger partial charge in [-0.25, -0.2) is 14.6 Å². The van der Waals surface area contributed by atoms with Crippen LogP contribution in [0, 0.1) is 6.92 Å². The number of fused-ring (bicyclic) bond motifs is 1. The molecule has 1 saturated carbocycles. The predicted octanol–water partition coefficient (Wildman–Crippen LogP) is 3.40. The molecule has 0 saturated heterocycles. The van der Waals surface area contributed by atoms with Crippen LogP contribution in [0.15, 0.2) is 11.1 Å². The third-order valence-electron chi connectivity index (χ3n) is 5.32. The standard InChI is InChI=1S/C21H28N2O6S/c1-4-27-10-11-28-20(25)14(3)23-12-22-18-16(19(23)24)13(2)17(30-18)21(26)29-15-8-6-5-7-9-15/h12,14-15H,4-11H2,1-3H3. The third-order valence-corrected chi connectivity index (χ3v) is 6.50. The molecule has 1 atom stereocenters. The van der Waals surface area contributed by atoms with Crippen molar-refractivity contribution < 1.29 is 23.8 Å². The molecule has 0 aliphatic heterocycles. The van der Waals surface area contributed by atoms with Gasteiger partial charge in [-0.1, -0.05) is 6.42 Å². The van der Waals surface area contributed by atoms with Crippen LogP contribution >= 0.6 is 11.3 Å². The smallest absolute Gasteiger partial charge is 0.348 e. The van der Waals surface area contributed by atoms with E-state index in [-0.39, 0.29) is 18.3 Å². The number of ether oxygens (including phenoxy) is 3. The van der Waals surface area contributed by atoms with Gasteiger partial charge in [-0.3, -0.25) is 9.36 Å². The normalized spacial score (nSPS) is 15.8. The Morgan fingerprint density at radius 2 is 2.00 bits per heavy atom. The lowest BCUT2D eigenvalue weighted by atomic mass is 9.98. The number of carbonyl (C=O) groups excluding carboxylic acids is 2. The van der Waals surface area contributed by atoms with Crippen molar-refractivity contribution in [3.05, 3.63) is 27.1 Å². The number of esters is 2. The van der Waals surface area contributed by atoms with E-state index in [1.807, 2.05) is 6.92 Å². The summed E-state index contributed by atoms with van der Waals surface area (Å²) in [6, 6.07) is -0.840. The highest BCUT2D eigenvalue weighted by Crippen LogP contribution is 2.29. The number of carbonyl (C=O) groups is 2. The maximum atomic E-state index is 13.0. The number of aryl methyl sites for hydroxylation is 1. The van der Waals surface area contributed by atoms with Crippen molar-refractivity contribution in [1.29, 1.82) is 0 Å². The Morgan fingerprint density at radius 1 is 1.27 bits per heavy atom. The summed E-state index contributed by atoms with van der Waals surface area (Å²) < 4.78 is 17.2. The van der Waals surface area contributed by atoms with Crippen molar-refractivity contribution in [3.63, 3.8) is 0 Å². The number of rotatable bonds is 8. The Morgan fingerprint density at radius 3 is 2.70 bits per heavy atom. The molecule has 0 N–H and O–H groups in total. The van der Waals surface area contributed by atoms with Crippen LogP contribution in [0.25, 0.3) is 10.2 Å². The first-order valence-corrected chi connectivity index (χ1v) is 11.2. The van der Waals surface area contributed by atoms with Crippen LogP contribution in [0.3, 0.4) is 0 Å². The van der Waals surface area contributed by atoms with Gasteiger partial charge in [0.2, 0.25) is 0 Å². The van der Waals surface area contributed by atoms with Crippen LogP contribution in [-0.2, 0) is 19.0 Å². The summed E-state index contributed by atoms with van der Waals surface area (Å²) in [5, 5.41) is 0.340. The second-order valence-corrected chi connectivity index (χ2v) is 8.40. The SMILES string of the molecule is CCOCCOC(=O)C(C)n1cnc2sc(C(=O)OC3CCCCC3)c(C)c2c1=O. The van der Waals surface area contributed by atoms with E-state index < -0.39 is 18.0 Å². The lowest BCUT2D eigenvalue weighted by Crippen LogP contribution is -2.30. The lowest BCUT2D eigenvalue weighted by Gasteiger charge is -2.21. The zero-order valence-electron chi connectivity index (χ0n) is 17.6. The molecule has 2 heterocycles. The van der Waals surface area contributed by atoms with E-state index in [4.69, 9.17) is 14.2 Å². The number of aromatic nitrogens is 2. The first-order chi connectivity index (χ1) is 14.4. The van der Waals surface area contributed by atoms with E-state index in [0.717, 1.165) is 37.0 Å². The van der Waals surface area contributed by atoms with Crippen LogP contribution in [-0.4, -0.2) is 47.4 Å². The Bertz CT molecular complexity index is 960. The summed E-state index contributed by atoms with van der Waals surface area (Å²) in [6.07, 6.45) is 6.32. The molecular formula is C21H28N2O6S. The number of hydrogen-bond acceptors (Lipinski definition) is 8. The highest BCUT2D eigenvalue weighted by molar-refractivity contribution is 7.20. The Labute approximate surface area is 179 Å². The second-order valence-electron chi connectivity index (χ2n) is 7.40. The van der Waals surface area contributed by atoms with Crippen LogP contribution in [0.5, 0.6) is 0 Å². The van der Waals surface area contributed by atoms with Gasteiger partial charge in [-0.2, -0.15) is 0 Å². The van der Waals surface area contributed by atoms with Gasteiger partial charge < -0.3 is 14.2 Å². The summed E-state index contributed by atoms with van der Waals surface area (Å²) in [6.45, 7) is 6.11. The molecular weight excluding hydrogens is 408 g/mol. The van der Waals surface area contributed by atoms with Gasteiger partial charge in [-0.15, -0.1) is 11.3 Å². The Balaban J connectivity index is 1.80. The van der Waals surface area contributed by atoms with E-state index >= 15 is 0 Å². The summed E-state index contributed by atoms with van der Waals surface area (Å²) in [5.41, 5.74) is 0.166. The molecule has 1 aliphatic rings.